The predicted molar refractivity (Wildman–Crippen MR) is 53.0 cm³/mol. The van der Waals surface area contributed by atoms with Crippen molar-refractivity contribution in [2.45, 2.75) is 26.4 Å². The lowest BCUT2D eigenvalue weighted by atomic mass is 10.2. The highest BCUT2D eigenvalue weighted by Gasteiger charge is 2.18. The summed E-state index contributed by atoms with van der Waals surface area (Å²) in [5, 5.41) is 8.52. The number of hydrogen-bond acceptors (Lipinski definition) is 6. The number of methoxy groups -OCH3 is 1. The van der Waals surface area contributed by atoms with Gasteiger partial charge in [-0.1, -0.05) is 0 Å². The van der Waals surface area contributed by atoms with E-state index in [0.29, 0.717) is 6.26 Å². The number of hydrogen-bond donors (Lipinski definition) is 0. The molecule has 0 heterocycles. The highest BCUT2D eigenvalue weighted by atomic mass is 16.7. The summed E-state index contributed by atoms with van der Waals surface area (Å²) in [5.41, 5.74) is -1.13. The van der Waals surface area contributed by atoms with E-state index >= 15 is 0 Å². The fourth-order valence-corrected chi connectivity index (χ4v) is 0.611. The molecule has 0 amide bonds. The van der Waals surface area contributed by atoms with Crippen LogP contribution in [0.2, 0.25) is 0 Å². The number of rotatable bonds is 2. The Morgan fingerprint density at radius 2 is 1.88 bits per heavy atom. The molecule has 0 aliphatic heterocycles. The van der Waals surface area contributed by atoms with E-state index in [2.05, 4.69) is 9.47 Å². The predicted octanol–water partition coefficient (Wildman–Crippen LogP) is 1.52. The Morgan fingerprint density at radius 1 is 1.31 bits per heavy atom. The average molecular weight is 227 g/mol. The van der Waals surface area contributed by atoms with E-state index in [-0.39, 0.29) is 0 Å². The topological polar surface area (TPSA) is 85.6 Å². The summed E-state index contributed by atoms with van der Waals surface area (Å²) in [6.45, 7) is 4.97. The molecule has 88 valence electrons. The van der Waals surface area contributed by atoms with Gasteiger partial charge in [-0.05, 0) is 20.8 Å². The van der Waals surface area contributed by atoms with Gasteiger partial charge in [0.15, 0.2) is 5.57 Å². The number of carbonyl (C=O) groups excluding carboxylic acids is 2. The van der Waals surface area contributed by atoms with Crippen molar-refractivity contribution in [1.29, 1.82) is 5.26 Å². The lowest BCUT2D eigenvalue weighted by molar-refractivity contribution is -0.135. The normalized spacial score (nSPS) is 11.3. The molecule has 6 nitrogen and oxygen atoms in total. The van der Waals surface area contributed by atoms with Gasteiger partial charge in [-0.3, -0.25) is 0 Å². The van der Waals surface area contributed by atoms with Crippen molar-refractivity contribution in [3.8, 4) is 6.07 Å². The van der Waals surface area contributed by atoms with Gasteiger partial charge in [-0.25, -0.2) is 9.59 Å². The molecular formula is C10H13NO5. The lowest BCUT2D eigenvalue weighted by Crippen LogP contribution is -2.23. The van der Waals surface area contributed by atoms with Gasteiger partial charge in [0.1, 0.15) is 17.9 Å². The van der Waals surface area contributed by atoms with Crippen molar-refractivity contribution in [3.05, 3.63) is 11.8 Å². The molecule has 0 atom stereocenters. The third-order valence-electron chi connectivity index (χ3n) is 1.19. The summed E-state index contributed by atoms with van der Waals surface area (Å²) >= 11 is 0. The molecule has 0 rings (SSSR count). The molecule has 0 aromatic heterocycles. The van der Waals surface area contributed by atoms with Gasteiger partial charge in [0, 0.05) is 0 Å². The Morgan fingerprint density at radius 3 is 2.25 bits per heavy atom. The third-order valence-corrected chi connectivity index (χ3v) is 1.19. The lowest BCUT2D eigenvalue weighted by Gasteiger charge is -2.17. The summed E-state index contributed by atoms with van der Waals surface area (Å²) in [5.74, 6) is -0.883. The second-order valence-electron chi connectivity index (χ2n) is 3.72. The number of nitrogens with zero attached hydrogens (tertiary/aromatic N) is 1. The maximum absolute atomic E-state index is 11.0. The highest BCUT2D eigenvalue weighted by molar-refractivity contribution is 5.92. The molecule has 0 radical (unpaired) electrons. The van der Waals surface area contributed by atoms with Crippen LogP contribution in [0.3, 0.4) is 0 Å². The molecule has 16 heavy (non-hydrogen) atoms. The van der Waals surface area contributed by atoms with Gasteiger partial charge in [0.2, 0.25) is 0 Å². The van der Waals surface area contributed by atoms with Crippen LogP contribution in [0.5, 0.6) is 0 Å². The summed E-state index contributed by atoms with van der Waals surface area (Å²) in [4.78, 5) is 21.9. The van der Waals surface area contributed by atoms with Gasteiger partial charge in [-0.2, -0.15) is 5.26 Å². The molecule has 0 unspecified atom stereocenters. The van der Waals surface area contributed by atoms with Crippen LogP contribution < -0.4 is 0 Å². The zero-order valence-electron chi connectivity index (χ0n) is 9.57. The molecule has 0 bridgehead atoms. The number of nitriles is 1. The molecule has 0 saturated carbocycles. The van der Waals surface area contributed by atoms with Crippen LogP contribution in [0.4, 0.5) is 4.79 Å². The fourth-order valence-electron chi connectivity index (χ4n) is 0.611. The standard InChI is InChI=1S/C10H13NO5/c1-10(2,3)16-9(13)15-6-7(5-11)8(12)14-4/h6H,1-4H3. The Bertz CT molecular complexity index is 345. The minimum atomic E-state index is -0.996. The summed E-state index contributed by atoms with van der Waals surface area (Å²) in [6, 6.07) is 1.52. The molecule has 0 spiro atoms. The molecule has 0 aliphatic rings. The van der Waals surface area contributed by atoms with Crippen molar-refractivity contribution in [2.75, 3.05) is 7.11 Å². The van der Waals surface area contributed by atoms with Crippen LogP contribution >= 0.6 is 0 Å². The van der Waals surface area contributed by atoms with Crippen LogP contribution in [0.15, 0.2) is 11.8 Å². The number of ether oxygens (including phenoxy) is 3. The molecule has 0 fully saturated rings. The minimum Gasteiger partial charge on any atom is -0.465 e. The third kappa shape index (κ3) is 5.65. The average Bonchev–Trinajstić information content (AvgIpc) is 2.15. The molecule has 0 aromatic rings. The van der Waals surface area contributed by atoms with Crippen molar-refractivity contribution in [2.24, 2.45) is 0 Å². The van der Waals surface area contributed by atoms with Crippen molar-refractivity contribution < 1.29 is 23.8 Å². The van der Waals surface area contributed by atoms with Crippen LogP contribution in [-0.4, -0.2) is 24.8 Å². The van der Waals surface area contributed by atoms with E-state index < -0.39 is 23.3 Å². The monoisotopic (exact) mass is 227 g/mol. The van der Waals surface area contributed by atoms with Gasteiger partial charge in [0.05, 0.1) is 7.11 Å². The number of carbonyl (C=O) groups is 2. The van der Waals surface area contributed by atoms with E-state index in [1.54, 1.807) is 20.8 Å². The first-order valence-corrected chi connectivity index (χ1v) is 4.38. The van der Waals surface area contributed by atoms with Crippen molar-refractivity contribution in [1.82, 2.24) is 0 Å². The molecule has 6 heteroatoms. The summed E-state index contributed by atoms with van der Waals surface area (Å²) in [6.07, 6.45) is -0.302. The maximum Gasteiger partial charge on any atom is 0.513 e. The molecule has 0 saturated heterocycles. The summed E-state index contributed by atoms with van der Waals surface area (Å²) in [7, 11) is 1.11. The van der Waals surface area contributed by atoms with Crippen molar-refractivity contribution >= 4 is 12.1 Å². The van der Waals surface area contributed by atoms with E-state index in [1.165, 1.54) is 6.07 Å². The van der Waals surface area contributed by atoms with Crippen LogP contribution in [-0.2, 0) is 19.0 Å². The Balaban J connectivity index is 4.42. The molecule has 0 aliphatic carbocycles. The maximum atomic E-state index is 11.0. The fraction of sp³-hybridized carbons (Fsp3) is 0.500. The number of esters is 1. The smallest absolute Gasteiger partial charge is 0.465 e. The quantitative estimate of drug-likeness (QED) is 0.307. The van der Waals surface area contributed by atoms with Gasteiger partial charge >= 0.3 is 12.1 Å². The van der Waals surface area contributed by atoms with E-state index in [1.807, 2.05) is 0 Å². The zero-order chi connectivity index (χ0) is 12.8. The van der Waals surface area contributed by atoms with Crippen LogP contribution in [0.25, 0.3) is 0 Å². The second kappa shape index (κ2) is 5.75. The Kier molecular flexibility index (Phi) is 5.02. The second-order valence-corrected chi connectivity index (χ2v) is 3.72. The van der Waals surface area contributed by atoms with Gasteiger partial charge in [-0.15, -0.1) is 0 Å². The highest BCUT2D eigenvalue weighted by Crippen LogP contribution is 2.08. The molecular weight excluding hydrogens is 214 g/mol. The Hall–Kier alpha value is -2.03. The van der Waals surface area contributed by atoms with Gasteiger partial charge in [0.25, 0.3) is 0 Å². The SMILES string of the molecule is COC(=O)C(C#N)=COC(=O)OC(C)(C)C. The molecule has 0 aromatic carbocycles. The first-order chi connectivity index (χ1) is 7.30. The van der Waals surface area contributed by atoms with Gasteiger partial charge < -0.3 is 14.2 Å². The minimum absolute atomic E-state index is 0.423. The summed E-state index contributed by atoms with van der Waals surface area (Å²) < 4.78 is 13.5. The first kappa shape index (κ1) is 14.0. The zero-order valence-corrected chi connectivity index (χ0v) is 9.57. The van der Waals surface area contributed by atoms with E-state index in [0.717, 1.165) is 7.11 Å². The van der Waals surface area contributed by atoms with E-state index in [4.69, 9.17) is 10.00 Å². The van der Waals surface area contributed by atoms with Crippen LogP contribution in [0, 0.1) is 11.3 Å². The van der Waals surface area contributed by atoms with Crippen molar-refractivity contribution in [3.63, 3.8) is 0 Å². The molecule has 0 N–H and O–H groups in total. The first-order valence-electron chi connectivity index (χ1n) is 4.38. The largest absolute Gasteiger partial charge is 0.513 e. The Labute approximate surface area is 93.4 Å². The van der Waals surface area contributed by atoms with Crippen LogP contribution in [0.1, 0.15) is 20.8 Å². The van der Waals surface area contributed by atoms with E-state index in [9.17, 15) is 9.59 Å².